The van der Waals surface area contributed by atoms with Crippen molar-refractivity contribution in [1.82, 2.24) is 5.16 Å². The van der Waals surface area contributed by atoms with Crippen LogP contribution in [0.5, 0.6) is 0 Å². The van der Waals surface area contributed by atoms with Gasteiger partial charge in [-0.05, 0) is 33.6 Å². The van der Waals surface area contributed by atoms with Crippen molar-refractivity contribution in [2.45, 2.75) is 52.5 Å². The van der Waals surface area contributed by atoms with Crippen molar-refractivity contribution in [3.05, 3.63) is 17.0 Å². The molecule has 2 N–H and O–H groups in total. The van der Waals surface area contributed by atoms with Crippen molar-refractivity contribution in [1.29, 1.82) is 0 Å². The van der Waals surface area contributed by atoms with Crippen LogP contribution in [0.1, 0.15) is 55.7 Å². The lowest BCUT2D eigenvalue weighted by molar-refractivity contribution is 0.391. The molecule has 1 heterocycles. The number of nitrogens with zero attached hydrogens (tertiary/aromatic N) is 2. The summed E-state index contributed by atoms with van der Waals surface area (Å²) in [6.45, 7) is 5.92. The molecule has 1 fully saturated rings. The molecule has 1 aliphatic carbocycles. The SMILES string of the molecule is Cc1noc(C)c1C(C)N=C(N)C1CCCC1. The van der Waals surface area contributed by atoms with E-state index in [1.165, 1.54) is 25.7 Å². The quantitative estimate of drug-likeness (QED) is 0.647. The average molecular weight is 235 g/mol. The lowest BCUT2D eigenvalue weighted by atomic mass is 10.1. The summed E-state index contributed by atoms with van der Waals surface area (Å²) in [4.78, 5) is 4.62. The monoisotopic (exact) mass is 235 g/mol. The maximum atomic E-state index is 6.09. The minimum Gasteiger partial charge on any atom is -0.387 e. The summed E-state index contributed by atoms with van der Waals surface area (Å²) < 4.78 is 5.16. The van der Waals surface area contributed by atoms with Gasteiger partial charge in [0, 0.05) is 11.5 Å². The maximum Gasteiger partial charge on any atom is 0.139 e. The van der Waals surface area contributed by atoms with Crippen LogP contribution in [0.3, 0.4) is 0 Å². The lowest BCUT2D eigenvalue weighted by Gasteiger charge is -2.12. The van der Waals surface area contributed by atoms with E-state index < -0.39 is 0 Å². The molecule has 94 valence electrons. The van der Waals surface area contributed by atoms with Gasteiger partial charge in [-0.15, -0.1) is 0 Å². The van der Waals surface area contributed by atoms with Gasteiger partial charge >= 0.3 is 0 Å². The van der Waals surface area contributed by atoms with Crippen LogP contribution in [-0.4, -0.2) is 11.0 Å². The third-order valence-corrected chi connectivity index (χ3v) is 3.62. The standard InChI is InChI=1S/C13H21N3O/c1-8(12-9(2)16-17-10(12)3)15-13(14)11-6-4-5-7-11/h8,11H,4-7H2,1-3H3,(H2,14,15). The zero-order valence-corrected chi connectivity index (χ0v) is 10.9. The van der Waals surface area contributed by atoms with Crippen LogP contribution < -0.4 is 5.73 Å². The predicted molar refractivity (Wildman–Crippen MR) is 68.0 cm³/mol. The number of hydrogen-bond acceptors (Lipinski definition) is 3. The van der Waals surface area contributed by atoms with Gasteiger partial charge in [0.2, 0.25) is 0 Å². The van der Waals surface area contributed by atoms with E-state index in [9.17, 15) is 0 Å². The van der Waals surface area contributed by atoms with Gasteiger partial charge < -0.3 is 10.3 Å². The molecule has 0 spiro atoms. The number of nitrogens with two attached hydrogens (primary N) is 1. The lowest BCUT2D eigenvalue weighted by Crippen LogP contribution is -2.22. The molecule has 1 aromatic heterocycles. The molecule has 17 heavy (non-hydrogen) atoms. The Hall–Kier alpha value is -1.32. The molecule has 1 atom stereocenters. The molecular weight excluding hydrogens is 214 g/mol. The molecule has 1 unspecified atom stereocenters. The Bertz CT molecular complexity index is 397. The second-order valence-electron chi connectivity index (χ2n) is 4.95. The second-order valence-corrected chi connectivity index (χ2v) is 4.95. The van der Waals surface area contributed by atoms with E-state index >= 15 is 0 Å². The van der Waals surface area contributed by atoms with Gasteiger partial charge in [0.25, 0.3) is 0 Å². The maximum absolute atomic E-state index is 6.09. The molecule has 4 nitrogen and oxygen atoms in total. The van der Waals surface area contributed by atoms with E-state index in [-0.39, 0.29) is 6.04 Å². The summed E-state index contributed by atoms with van der Waals surface area (Å²) in [7, 11) is 0. The van der Waals surface area contributed by atoms with Crippen molar-refractivity contribution >= 4 is 5.84 Å². The van der Waals surface area contributed by atoms with E-state index in [4.69, 9.17) is 10.3 Å². The fraction of sp³-hybridized carbons (Fsp3) is 0.692. The highest BCUT2D eigenvalue weighted by Gasteiger charge is 2.21. The molecule has 0 aromatic carbocycles. The third-order valence-electron chi connectivity index (χ3n) is 3.62. The molecular formula is C13H21N3O. The summed E-state index contributed by atoms with van der Waals surface area (Å²) in [6, 6.07) is 0.0434. The summed E-state index contributed by atoms with van der Waals surface area (Å²) >= 11 is 0. The molecule has 0 saturated heterocycles. The van der Waals surface area contributed by atoms with Crippen LogP contribution in [0.25, 0.3) is 0 Å². The highest BCUT2D eigenvalue weighted by molar-refractivity contribution is 5.83. The molecule has 0 radical (unpaired) electrons. The topological polar surface area (TPSA) is 64.4 Å². The van der Waals surface area contributed by atoms with E-state index in [2.05, 4.69) is 10.1 Å². The molecule has 2 rings (SSSR count). The number of aromatic nitrogens is 1. The Kier molecular flexibility index (Phi) is 3.50. The van der Waals surface area contributed by atoms with E-state index in [0.717, 1.165) is 22.9 Å². The van der Waals surface area contributed by atoms with Crippen molar-refractivity contribution in [2.75, 3.05) is 0 Å². The van der Waals surface area contributed by atoms with E-state index in [1.54, 1.807) is 0 Å². The summed E-state index contributed by atoms with van der Waals surface area (Å²) in [5, 5.41) is 3.96. The Balaban J connectivity index is 2.15. The zero-order valence-electron chi connectivity index (χ0n) is 10.9. The first kappa shape index (κ1) is 12.1. The predicted octanol–water partition coefficient (Wildman–Crippen LogP) is 2.90. The first-order valence-corrected chi connectivity index (χ1v) is 6.35. The Labute approximate surface area is 102 Å². The van der Waals surface area contributed by atoms with E-state index in [1.807, 2.05) is 20.8 Å². The Morgan fingerprint density at radius 2 is 2.06 bits per heavy atom. The molecule has 0 bridgehead atoms. The molecule has 1 aromatic rings. The van der Waals surface area contributed by atoms with Gasteiger partial charge in [0.1, 0.15) is 5.76 Å². The van der Waals surface area contributed by atoms with Crippen LogP contribution in [0.2, 0.25) is 0 Å². The molecule has 4 heteroatoms. The molecule has 0 amide bonds. The summed E-state index contributed by atoms with van der Waals surface area (Å²) in [5.74, 6) is 2.13. The van der Waals surface area contributed by atoms with Crippen molar-refractivity contribution in [3.8, 4) is 0 Å². The second kappa shape index (κ2) is 4.90. The number of hydrogen-bond donors (Lipinski definition) is 1. The van der Waals surface area contributed by atoms with Gasteiger partial charge in [0.05, 0.1) is 17.6 Å². The van der Waals surface area contributed by atoms with Crippen molar-refractivity contribution in [2.24, 2.45) is 16.6 Å². The minimum absolute atomic E-state index is 0.0434. The first-order valence-electron chi connectivity index (χ1n) is 6.35. The number of rotatable bonds is 3. The number of amidine groups is 1. The molecule has 0 aliphatic heterocycles. The van der Waals surface area contributed by atoms with Crippen LogP contribution in [0.15, 0.2) is 9.52 Å². The van der Waals surface area contributed by atoms with Crippen LogP contribution in [0.4, 0.5) is 0 Å². The smallest absolute Gasteiger partial charge is 0.139 e. The van der Waals surface area contributed by atoms with Crippen LogP contribution in [-0.2, 0) is 0 Å². The fourth-order valence-electron chi connectivity index (χ4n) is 2.70. The largest absolute Gasteiger partial charge is 0.387 e. The van der Waals surface area contributed by atoms with Crippen LogP contribution >= 0.6 is 0 Å². The van der Waals surface area contributed by atoms with Gasteiger partial charge in [-0.25, -0.2) is 0 Å². The average Bonchev–Trinajstić information content (AvgIpc) is 2.88. The number of aliphatic imine (C=N–C) groups is 1. The fourth-order valence-corrected chi connectivity index (χ4v) is 2.70. The van der Waals surface area contributed by atoms with E-state index in [0.29, 0.717) is 5.92 Å². The zero-order chi connectivity index (χ0) is 12.4. The Morgan fingerprint density at radius 3 is 2.59 bits per heavy atom. The van der Waals surface area contributed by atoms with Gasteiger partial charge in [-0.3, -0.25) is 4.99 Å². The first-order chi connectivity index (χ1) is 8.09. The van der Waals surface area contributed by atoms with Crippen molar-refractivity contribution in [3.63, 3.8) is 0 Å². The normalized spacial score (nSPS) is 19.8. The summed E-state index contributed by atoms with van der Waals surface area (Å²) in [6.07, 6.45) is 4.93. The number of aryl methyl sites for hydroxylation is 2. The third kappa shape index (κ3) is 2.51. The van der Waals surface area contributed by atoms with Crippen molar-refractivity contribution < 1.29 is 4.52 Å². The minimum atomic E-state index is 0.0434. The highest BCUT2D eigenvalue weighted by atomic mass is 16.5. The highest BCUT2D eigenvalue weighted by Crippen LogP contribution is 2.28. The summed E-state index contributed by atoms with van der Waals surface area (Å²) in [5.41, 5.74) is 8.07. The molecule has 1 aliphatic rings. The Morgan fingerprint density at radius 1 is 1.41 bits per heavy atom. The van der Waals surface area contributed by atoms with Crippen LogP contribution in [0, 0.1) is 19.8 Å². The molecule has 1 saturated carbocycles. The van der Waals surface area contributed by atoms with Gasteiger partial charge in [-0.2, -0.15) is 0 Å². The van der Waals surface area contributed by atoms with Gasteiger partial charge in [-0.1, -0.05) is 18.0 Å². The van der Waals surface area contributed by atoms with Gasteiger partial charge in [0.15, 0.2) is 0 Å².